The van der Waals surface area contributed by atoms with E-state index in [9.17, 15) is 4.79 Å². The fourth-order valence-electron chi connectivity index (χ4n) is 1.66. The minimum absolute atomic E-state index is 0.167. The van der Waals surface area contributed by atoms with Crippen LogP contribution in [-0.4, -0.2) is 16.9 Å². The zero-order valence-electron chi connectivity index (χ0n) is 10.3. The van der Waals surface area contributed by atoms with E-state index in [4.69, 9.17) is 0 Å². The van der Waals surface area contributed by atoms with Crippen molar-refractivity contribution in [2.24, 2.45) is 0 Å². The molecule has 0 aliphatic carbocycles. The molecule has 0 aliphatic rings. The third-order valence-electron chi connectivity index (χ3n) is 2.61. The lowest BCUT2D eigenvalue weighted by Gasteiger charge is -2.05. The summed E-state index contributed by atoms with van der Waals surface area (Å²) in [6, 6.07) is 8.34. The van der Waals surface area contributed by atoms with Gasteiger partial charge in [-0.2, -0.15) is 0 Å². The van der Waals surface area contributed by atoms with Gasteiger partial charge in [0.1, 0.15) is 0 Å². The average molecular weight is 345 g/mol. The minimum atomic E-state index is 0.167. The van der Waals surface area contributed by atoms with E-state index in [1.807, 2.05) is 6.07 Å². The molecule has 0 bridgehead atoms. The molecule has 0 aliphatic heterocycles. The lowest BCUT2D eigenvalue weighted by Crippen LogP contribution is -2.24. The standard InChI is InChI=1S/C14H20INO/c1-12-5-4-6-13(11-12)7-8-14(17)16-10-3-2-9-15/h4-6,11H,2-3,7-10H2,1H3,(H,16,17). The van der Waals surface area contributed by atoms with E-state index in [1.54, 1.807) is 0 Å². The number of hydrogen-bond acceptors (Lipinski definition) is 1. The molecule has 0 aromatic heterocycles. The number of rotatable bonds is 7. The maximum absolute atomic E-state index is 11.6. The number of carbonyl (C=O) groups excluding carboxylic acids is 1. The van der Waals surface area contributed by atoms with Gasteiger partial charge in [0.05, 0.1) is 0 Å². The molecule has 0 saturated carbocycles. The third kappa shape index (κ3) is 6.66. The second kappa shape index (κ2) is 8.50. The Morgan fingerprint density at radius 3 is 2.88 bits per heavy atom. The van der Waals surface area contributed by atoms with E-state index >= 15 is 0 Å². The molecule has 3 heteroatoms. The Labute approximate surface area is 117 Å². The molecule has 1 rings (SSSR count). The number of halogens is 1. The van der Waals surface area contributed by atoms with Crippen molar-refractivity contribution in [3.8, 4) is 0 Å². The molecule has 94 valence electrons. The molecule has 0 saturated heterocycles. The van der Waals surface area contributed by atoms with Gasteiger partial charge in [-0.25, -0.2) is 0 Å². The highest BCUT2D eigenvalue weighted by molar-refractivity contribution is 14.1. The van der Waals surface area contributed by atoms with Gasteiger partial charge < -0.3 is 5.32 Å². The Bertz CT molecular complexity index is 352. The van der Waals surface area contributed by atoms with Gasteiger partial charge >= 0.3 is 0 Å². The first kappa shape index (κ1) is 14.5. The molecule has 0 heterocycles. The quantitative estimate of drug-likeness (QED) is 0.459. The monoisotopic (exact) mass is 345 g/mol. The number of unbranched alkanes of at least 4 members (excludes halogenated alkanes) is 1. The van der Waals surface area contributed by atoms with E-state index < -0.39 is 0 Å². The summed E-state index contributed by atoms with van der Waals surface area (Å²) in [5.74, 6) is 0.167. The summed E-state index contributed by atoms with van der Waals surface area (Å²) in [7, 11) is 0. The molecule has 0 radical (unpaired) electrons. The van der Waals surface area contributed by atoms with Crippen LogP contribution in [0.4, 0.5) is 0 Å². The van der Waals surface area contributed by atoms with Crippen LogP contribution in [0, 0.1) is 6.92 Å². The van der Waals surface area contributed by atoms with Gasteiger partial charge in [-0.05, 0) is 36.2 Å². The topological polar surface area (TPSA) is 29.1 Å². The predicted molar refractivity (Wildman–Crippen MR) is 80.6 cm³/mol. The highest BCUT2D eigenvalue weighted by atomic mass is 127. The van der Waals surface area contributed by atoms with E-state index in [-0.39, 0.29) is 5.91 Å². The van der Waals surface area contributed by atoms with Gasteiger partial charge in [-0.15, -0.1) is 0 Å². The van der Waals surface area contributed by atoms with Gasteiger partial charge in [-0.1, -0.05) is 52.4 Å². The fraction of sp³-hybridized carbons (Fsp3) is 0.500. The van der Waals surface area contributed by atoms with Gasteiger partial charge in [0.15, 0.2) is 0 Å². The summed E-state index contributed by atoms with van der Waals surface area (Å²) in [4.78, 5) is 11.6. The smallest absolute Gasteiger partial charge is 0.220 e. The van der Waals surface area contributed by atoms with Gasteiger partial charge in [0, 0.05) is 13.0 Å². The van der Waals surface area contributed by atoms with Crippen LogP contribution in [0.1, 0.15) is 30.4 Å². The van der Waals surface area contributed by atoms with Crippen molar-refractivity contribution in [1.82, 2.24) is 5.32 Å². The molecule has 0 fully saturated rings. The number of benzene rings is 1. The largest absolute Gasteiger partial charge is 0.356 e. The highest BCUT2D eigenvalue weighted by Crippen LogP contribution is 2.06. The molecule has 17 heavy (non-hydrogen) atoms. The first-order valence-electron chi connectivity index (χ1n) is 6.10. The van der Waals surface area contributed by atoms with Crippen LogP contribution in [0.3, 0.4) is 0 Å². The van der Waals surface area contributed by atoms with Crippen molar-refractivity contribution in [2.75, 3.05) is 11.0 Å². The third-order valence-corrected chi connectivity index (χ3v) is 3.37. The summed E-state index contributed by atoms with van der Waals surface area (Å²) < 4.78 is 1.16. The molecule has 1 amide bonds. The van der Waals surface area contributed by atoms with Crippen LogP contribution in [0.15, 0.2) is 24.3 Å². The fourth-order valence-corrected chi connectivity index (χ4v) is 2.20. The van der Waals surface area contributed by atoms with Crippen LogP contribution in [0.25, 0.3) is 0 Å². The molecule has 0 unspecified atom stereocenters. The summed E-state index contributed by atoms with van der Waals surface area (Å²) in [5.41, 5.74) is 2.50. The SMILES string of the molecule is Cc1cccc(CCC(=O)NCCCCI)c1. The van der Waals surface area contributed by atoms with Gasteiger partial charge in [-0.3, -0.25) is 4.79 Å². The van der Waals surface area contributed by atoms with Crippen molar-refractivity contribution in [3.05, 3.63) is 35.4 Å². The summed E-state index contributed by atoms with van der Waals surface area (Å²) >= 11 is 2.36. The second-order valence-electron chi connectivity index (χ2n) is 4.24. The summed E-state index contributed by atoms with van der Waals surface area (Å²) in [6.07, 6.45) is 3.69. The Morgan fingerprint density at radius 1 is 1.35 bits per heavy atom. The van der Waals surface area contributed by atoms with Crippen molar-refractivity contribution in [2.45, 2.75) is 32.6 Å². The lowest BCUT2D eigenvalue weighted by atomic mass is 10.1. The second-order valence-corrected chi connectivity index (χ2v) is 5.31. The molecule has 1 aromatic rings. The zero-order valence-corrected chi connectivity index (χ0v) is 12.5. The number of alkyl halides is 1. The van der Waals surface area contributed by atoms with Crippen molar-refractivity contribution in [3.63, 3.8) is 0 Å². The molecule has 1 aromatic carbocycles. The van der Waals surface area contributed by atoms with Crippen LogP contribution in [0.2, 0.25) is 0 Å². The predicted octanol–water partition coefficient (Wildman–Crippen LogP) is 3.26. The average Bonchev–Trinajstić information content (AvgIpc) is 2.32. The highest BCUT2D eigenvalue weighted by Gasteiger charge is 2.01. The molecule has 1 N–H and O–H groups in total. The molecule has 0 atom stereocenters. The number of amides is 1. The number of hydrogen-bond donors (Lipinski definition) is 1. The van der Waals surface area contributed by atoms with E-state index in [1.165, 1.54) is 17.5 Å². The molecule has 0 spiro atoms. The van der Waals surface area contributed by atoms with Crippen LogP contribution in [-0.2, 0) is 11.2 Å². The Morgan fingerprint density at radius 2 is 2.18 bits per heavy atom. The Hall–Kier alpha value is -0.580. The normalized spacial score (nSPS) is 10.2. The van der Waals surface area contributed by atoms with Crippen LogP contribution < -0.4 is 5.32 Å². The van der Waals surface area contributed by atoms with E-state index in [0.29, 0.717) is 6.42 Å². The first-order valence-corrected chi connectivity index (χ1v) is 7.63. The molecular formula is C14H20INO. The lowest BCUT2D eigenvalue weighted by molar-refractivity contribution is -0.121. The number of aryl methyl sites for hydroxylation is 2. The van der Waals surface area contributed by atoms with Crippen molar-refractivity contribution >= 4 is 28.5 Å². The number of carbonyl (C=O) groups is 1. The maximum atomic E-state index is 11.6. The van der Waals surface area contributed by atoms with Gasteiger partial charge in [0.2, 0.25) is 5.91 Å². The van der Waals surface area contributed by atoms with Crippen molar-refractivity contribution < 1.29 is 4.79 Å². The van der Waals surface area contributed by atoms with E-state index in [2.05, 4.69) is 53.0 Å². The summed E-state index contributed by atoms with van der Waals surface area (Å²) in [5, 5.41) is 2.96. The molecule has 2 nitrogen and oxygen atoms in total. The van der Waals surface area contributed by atoms with Crippen LogP contribution >= 0.6 is 22.6 Å². The summed E-state index contributed by atoms with van der Waals surface area (Å²) in [6.45, 7) is 2.89. The van der Waals surface area contributed by atoms with E-state index in [0.717, 1.165) is 23.8 Å². The van der Waals surface area contributed by atoms with Crippen molar-refractivity contribution in [1.29, 1.82) is 0 Å². The Balaban J connectivity index is 2.19. The zero-order chi connectivity index (χ0) is 12.5. The maximum Gasteiger partial charge on any atom is 0.220 e. The Kier molecular flexibility index (Phi) is 7.24. The number of nitrogens with one attached hydrogen (secondary N) is 1. The first-order chi connectivity index (χ1) is 8.22. The molecular weight excluding hydrogens is 325 g/mol. The van der Waals surface area contributed by atoms with Crippen LogP contribution in [0.5, 0.6) is 0 Å². The van der Waals surface area contributed by atoms with Gasteiger partial charge in [0.25, 0.3) is 0 Å². The minimum Gasteiger partial charge on any atom is -0.356 e.